The Morgan fingerprint density at radius 1 is 1.43 bits per heavy atom. The molecule has 0 fully saturated rings. The largest absolute Gasteiger partial charge is 0.328 e. The molecule has 0 atom stereocenters. The first-order chi connectivity index (χ1) is 3.06. The zero-order chi connectivity index (χ0) is 5.91. The molecule has 1 heteroatoms. The monoisotopic (exact) mass is 99.1 g/mol. The zero-order valence-electron chi connectivity index (χ0n) is 5.31. The van der Waals surface area contributed by atoms with E-state index in [4.69, 9.17) is 6.58 Å². The van der Waals surface area contributed by atoms with Gasteiger partial charge in [-0.2, -0.15) is 0 Å². The van der Waals surface area contributed by atoms with Crippen LogP contribution in [-0.2, 0) is 0 Å². The molecule has 0 saturated carbocycles. The molecule has 0 aliphatic rings. The number of hydrogen-bond donors (Lipinski definition) is 0. The Balaban J connectivity index is 3.34. The van der Waals surface area contributed by atoms with Gasteiger partial charge in [-0.1, -0.05) is 6.58 Å². The number of quaternary nitrogens is 1. The molecular formula is C6H13N+. The summed E-state index contributed by atoms with van der Waals surface area (Å²) in [6.45, 7) is 6.10. The van der Waals surface area contributed by atoms with Gasteiger partial charge in [0.25, 0.3) is 0 Å². The Morgan fingerprint density at radius 2 is 1.86 bits per heavy atom. The van der Waals surface area contributed by atoms with Crippen LogP contribution < -0.4 is 0 Å². The van der Waals surface area contributed by atoms with Gasteiger partial charge in [0.15, 0.2) is 0 Å². The van der Waals surface area contributed by atoms with Gasteiger partial charge in [0, 0.05) is 0 Å². The van der Waals surface area contributed by atoms with Crippen LogP contribution in [0.15, 0.2) is 6.08 Å². The van der Waals surface area contributed by atoms with Crippen molar-refractivity contribution in [2.75, 3.05) is 27.7 Å². The molecule has 0 aliphatic carbocycles. The van der Waals surface area contributed by atoms with E-state index in [1.165, 1.54) is 0 Å². The van der Waals surface area contributed by atoms with Crippen molar-refractivity contribution in [3.05, 3.63) is 12.7 Å². The summed E-state index contributed by atoms with van der Waals surface area (Å²) in [5.41, 5.74) is 0. The van der Waals surface area contributed by atoms with E-state index in [9.17, 15) is 0 Å². The summed E-state index contributed by atoms with van der Waals surface area (Å²) in [6, 6.07) is 0. The van der Waals surface area contributed by atoms with Crippen molar-refractivity contribution < 1.29 is 4.48 Å². The summed E-state index contributed by atoms with van der Waals surface area (Å²) in [7, 11) is 6.30. The lowest BCUT2D eigenvalue weighted by Crippen LogP contribution is -2.33. The first-order valence-electron chi connectivity index (χ1n) is 2.40. The minimum absolute atomic E-state index is 0.913. The summed E-state index contributed by atoms with van der Waals surface area (Å²) < 4.78 is 0.913. The van der Waals surface area contributed by atoms with Gasteiger partial charge in [-0.3, -0.25) is 0 Å². The van der Waals surface area contributed by atoms with Crippen LogP contribution in [0, 0.1) is 6.58 Å². The maximum absolute atomic E-state index is 5.17. The zero-order valence-corrected chi connectivity index (χ0v) is 5.31. The van der Waals surface area contributed by atoms with Crippen molar-refractivity contribution in [3.8, 4) is 0 Å². The van der Waals surface area contributed by atoms with Gasteiger partial charge in [-0.05, 0) is 6.08 Å². The number of nitrogens with zero attached hydrogens (tertiary/aromatic N) is 1. The van der Waals surface area contributed by atoms with E-state index >= 15 is 0 Å². The normalized spacial score (nSPS) is 11.3. The summed E-state index contributed by atoms with van der Waals surface area (Å²) >= 11 is 0. The molecule has 0 aromatic rings. The van der Waals surface area contributed by atoms with Crippen molar-refractivity contribution in [2.24, 2.45) is 0 Å². The van der Waals surface area contributed by atoms with E-state index in [2.05, 4.69) is 21.1 Å². The second-order valence-corrected chi connectivity index (χ2v) is 2.71. The Bertz CT molecular complexity index is 59.1. The molecule has 7 heavy (non-hydrogen) atoms. The van der Waals surface area contributed by atoms with E-state index in [0.717, 1.165) is 11.0 Å². The Kier molecular flexibility index (Phi) is 2.03. The van der Waals surface area contributed by atoms with E-state index in [1.54, 1.807) is 6.08 Å². The van der Waals surface area contributed by atoms with Crippen LogP contribution in [0.1, 0.15) is 0 Å². The highest BCUT2D eigenvalue weighted by atomic mass is 15.3. The van der Waals surface area contributed by atoms with Gasteiger partial charge in [0.1, 0.15) is 0 Å². The van der Waals surface area contributed by atoms with Crippen LogP contribution in [0.3, 0.4) is 0 Å². The van der Waals surface area contributed by atoms with Crippen LogP contribution in [0.4, 0.5) is 0 Å². The lowest BCUT2D eigenvalue weighted by Gasteiger charge is -2.20. The van der Waals surface area contributed by atoms with Crippen molar-refractivity contribution in [3.63, 3.8) is 0 Å². The second-order valence-electron chi connectivity index (χ2n) is 2.71. The maximum Gasteiger partial charge on any atom is 0.0970 e. The van der Waals surface area contributed by atoms with Gasteiger partial charge in [-0.25, -0.2) is 0 Å². The smallest absolute Gasteiger partial charge is 0.0970 e. The third-order valence-electron chi connectivity index (χ3n) is 0.653. The standard InChI is InChI=1S/C6H13N/c1-5-6-7(2,3)4/h1,5H,6H2,2-4H3/q+1. The number of rotatable bonds is 2. The molecule has 0 aromatic carbocycles. The molecule has 0 unspecified atom stereocenters. The fourth-order valence-corrected chi connectivity index (χ4v) is 0.316. The molecule has 0 aromatic heterocycles. The molecule has 41 valence electrons. The predicted molar refractivity (Wildman–Crippen MR) is 31.8 cm³/mol. The SMILES string of the molecule is [CH]=CC[N+](C)(C)C. The van der Waals surface area contributed by atoms with Crippen LogP contribution >= 0.6 is 0 Å². The minimum Gasteiger partial charge on any atom is -0.328 e. The molecule has 0 spiro atoms. The van der Waals surface area contributed by atoms with Crippen LogP contribution in [0.25, 0.3) is 0 Å². The quantitative estimate of drug-likeness (QED) is 0.447. The predicted octanol–water partition coefficient (Wildman–Crippen LogP) is 0.682. The highest BCUT2D eigenvalue weighted by Gasteiger charge is 1.99. The lowest BCUT2D eigenvalue weighted by atomic mass is 10.5. The van der Waals surface area contributed by atoms with Crippen molar-refractivity contribution in [2.45, 2.75) is 0 Å². The van der Waals surface area contributed by atoms with E-state index in [1.807, 2.05) is 0 Å². The van der Waals surface area contributed by atoms with Gasteiger partial charge in [0.2, 0.25) is 0 Å². The molecule has 0 amide bonds. The molecule has 0 saturated heterocycles. The van der Waals surface area contributed by atoms with Crippen LogP contribution in [0.2, 0.25) is 0 Å². The van der Waals surface area contributed by atoms with Crippen molar-refractivity contribution >= 4 is 0 Å². The van der Waals surface area contributed by atoms with Gasteiger partial charge in [0.05, 0.1) is 27.7 Å². The van der Waals surface area contributed by atoms with E-state index in [0.29, 0.717) is 0 Å². The minimum atomic E-state index is 0.913. The first-order valence-corrected chi connectivity index (χ1v) is 2.40. The van der Waals surface area contributed by atoms with Crippen molar-refractivity contribution in [1.82, 2.24) is 0 Å². The maximum atomic E-state index is 5.17. The van der Waals surface area contributed by atoms with Gasteiger partial charge >= 0.3 is 0 Å². The Hall–Kier alpha value is -0.300. The highest BCUT2D eigenvalue weighted by Crippen LogP contribution is 1.86. The topological polar surface area (TPSA) is 0 Å². The fraction of sp³-hybridized carbons (Fsp3) is 0.667. The average Bonchev–Trinajstić information content (AvgIpc) is 1.30. The molecule has 0 N–H and O–H groups in total. The van der Waals surface area contributed by atoms with Gasteiger partial charge < -0.3 is 4.48 Å². The first kappa shape index (κ1) is 6.70. The van der Waals surface area contributed by atoms with E-state index < -0.39 is 0 Å². The number of likely N-dealkylation sites (N-methyl/N-ethyl adjacent to an activating group) is 1. The second kappa shape index (κ2) is 2.12. The Labute approximate surface area is 45.8 Å². The van der Waals surface area contributed by atoms with Crippen molar-refractivity contribution in [1.29, 1.82) is 0 Å². The summed E-state index contributed by atoms with van der Waals surface area (Å²) in [6.07, 6.45) is 1.68. The lowest BCUT2D eigenvalue weighted by molar-refractivity contribution is -0.864. The molecular weight excluding hydrogens is 86.1 g/mol. The van der Waals surface area contributed by atoms with Gasteiger partial charge in [-0.15, -0.1) is 0 Å². The molecule has 0 rings (SSSR count). The Morgan fingerprint density at radius 3 is 1.86 bits per heavy atom. The third-order valence-corrected chi connectivity index (χ3v) is 0.653. The third kappa shape index (κ3) is 5.70. The molecule has 1 radical (unpaired) electrons. The summed E-state index contributed by atoms with van der Waals surface area (Å²) in [5, 5.41) is 0. The van der Waals surface area contributed by atoms with E-state index in [-0.39, 0.29) is 0 Å². The molecule has 1 nitrogen and oxygen atoms in total. The highest BCUT2D eigenvalue weighted by molar-refractivity contribution is 4.58. The summed E-state index contributed by atoms with van der Waals surface area (Å²) in [4.78, 5) is 0. The number of hydrogen-bond acceptors (Lipinski definition) is 0. The van der Waals surface area contributed by atoms with Crippen LogP contribution in [0.5, 0.6) is 0 Å². The average molecular weight is 99.2 g/mol. The summed E-state index contributed by atoms with van der Waals surface area (Å²) in [5.74, 6) is 0. The molecule has 0 bridgehead atoms. The fourth-order valence-electron chi connectivity index (χ4n) is 0.316. The van der Waals surface area contributed by atoms with Crippen LogP contribution in [-0.4, -0.2) is 32.2 Å². The molecule has 0 heterocycles. The molecule has 0 aliphatic heterocycles.